The van der Waals surface area contributed by atoms with Crippen LogP contribution in [0.15, 0.2) is 5.11 Å². The van der Waals surface area contributed by atoms with Crippen molar-refractivity contribution in [3.05, 3.63) is 10.4 Å². The second-order valence-corrected chi connectivity index (χ2v) is 13.3. The summed E-state index contributed by atoms with van der Waals surface area (Å²) in [5, 5.41) is 143. The number of ether oxygens (including phenoxy) is 6. The normalized spacial score (nSPS) is 41.9. The third-order valence-corrected chi connectivity index (χ3v) is 9.37. The molecular formula is C33H61N5O21. The standard InChI is InChI=1S/C19H31NO11.C12H21N3O10.CH5N.CH4/c1-2-3-4-5-6-11(22)20-7-9-12(23)14(25)16(27)18(29-9)31-19-17(28)15(26)13(24)10(8-21)30-19;13-15-14-1-3-5(17)7(19)9(21)11(23-3)25-12-10(22)8(20)6(18)4(2-16)24-12;1-2;/h1,9-10,12-19,21,23-28H,3-8H2,(H,20,22);3-12,16-22H,1-2H2;2H2,1H3;1H4/t9?,10?,12-,13-,14+,15?,16?,17-,18-,19-;3?,4?,5-,6-,7+,8?,9?,10-,11-,12-;;/m11../s1. The number of azide groups is 1. The van der Waals surface area contributed by atoms with E-state index in [2.05, 4.69) is 27.0 Å². The second kappa shape index (κ2) is 26.8. The SMILES string of the molecule is C.C#CCCCCC(=O)NCC1O[C@H](O[C@H]2OC(CO)[C@@H](O)C(O)[C@H]2O)C(O)[C@@H](O)[C@@H]1O.CN.[N-]=[N+]=NCC1O[C@H](O[C@H]2OC(CO)[C@@H](O)C(O)[C@H]2O)C(O)[C@@H](O)[C@@H]1O. The zero-order chi connectivity index (χ0) is 43.9. The quantitative estimate of drug-likeness (QED) is 0.0253. The molecule has 4 heterocycles. The van der Waals surface area contributed by atoms with Crippen LogP contribution in [0.5, 0.6) is 0 Å². The van der Waals surface area contributed by atoms with Gasteiger partial charge in [0.1, 0.15) is 91.6 Å². The number of nitrogens with zero attached hydrogens (tertiary/aromatic N) is 3. The number of unbranched alkanes of at least 4 members (excludes halogenated alkanes) is 2. The molecule has 4 rings (SSSR count). The van der Waals surface area contributed by atoms with E-state index in [4.69, 9.17) is 45.5 Å². The molecular weight excluding hydrogens is 802 g/mol. The maximum atomic E-state index is 11.9. The van der Waals surface area contributed by atoms with Crippen molar-refractivity contribution in [2.75, 3.05) is 33.4 Å². The number of nitrogens with two attached hydrogens (primary N) is 1. The molecule has 0 radical (unpaired) electrons. The molecule has 1 amide bonds. The summed E-state index contributed by atoms with van der Waals surface area (Å²) < 4.78 is 31.5. The average molecular weight is 864 g/mol. The van der Waals surface area contributed by atoms with Crippen LogP contribution in [0.2, 0.25) is 0 Å². The molecule has 4 saturated heterocycles. The maximum Gasteiger partial charge on any atom is 0.220 e. The van der Waals surface area contributed by atoms with Gasteiger partial charge in [-0.05, 0) is 25.4 Å². The minimum atomic E-state index is -1.75. The second-order valence-electron chi connectivity index (χ2n) is 13.3. The van der Waals surface area contributed by atoms with Gasteiger partial charge in [-0.15, -0.1) is 12.3 Å². The zero-order valence-electron chi connectivity index (χ0n) is 31.3. The van der Waals surface area contributed by atoms with Crippen molar-refractivity contribution in [3.8, 4) is 12.3 Å². The lowest BCUT2D eigenvalue weighted by Crippen LogP contribution is -2.64. The number of rotatable bonds is 14. The van der Waals surface area contributed by atoms with Crippen molar-refractivity contribution in [2.24, 2.45) is 10.8 Å². The van der Waals surface area contributed by atoms with E-state index in [0.717, 1.165) is 0 Å². The molecule has 0 bridgehead atoms. The van der Waals surface area contributed by atoms with Crippen LogP contribution in [-0.4, -0.2) is 234 Å². The third kappa shape index (κ3) is 14.5. The van der Waals surface area contributed by atoms with Gasteiger partial charge in [0.15, 0.2) is 25.2 Å². The Morgan fingerprint density at radius 2 is 1.00 bits per heavy atom. The van der Waals surface area contributed by atoms with Gasteiger partial charge in [0.25, 0.3) is 0 Å². The molecule has 4 aliphatic heterocycles. The van der Waals surface area contributed by atoms with Gasteiger partial charge in [0.2, 0.25) is 5.91 Å². The highest BCUT2D eigenvalue weighted by Gasteiger charge is 2.51. The lowest BCUT2D eigenvalue weighted by atomic mass is 9.98. The summed E-state index contributed by atoms with van der Waals surface area (Å²) in [4.78, 5) is 14.4. The maximum absolute atomic E-state index is 11.9. The van der Waals surface area contributed by atoms with E-state index >= 15 is 0 Å². The molecule has 0 aromatic heterocycles. The lowest BCUT2D eigenvalue weighted by Gasteiger charge is -2.44. The lowest BCUT2D eigenvalue weighted by molar-refractivity contribution is -0.374. The molecule has 4 fully saturated rings. The first kappa shape index (κ1) is 54.5. The molecule has 20 atom stereocenters. The van der Waals surface area contributed by atoms with Crippen LogP contribution >= 0.6 is 0 Å². The fourth-order valence-electron chi connectivity index (χ4n) is 5.93. The van der Waals surface area contributed by atoms with Gasteiger partial charge in [0, 0.05) is 24.3 Å². The zero-order valence-corrected chi connectivity index (χ0v) is 31.3. The predicted molar refractivity (Wildman–Crippen MR) is 194 cm³/mol. The summed E-state index contributed by atoms with van der Waals surface area (Å²) in [5.41, 5.74) is 12.8. The van der Waals surface area contributed by atoms with Crippen molar-refractivity contribution in [1.29, 1.82) is 0 Å². The first-order chi connectivity index (χ1) is 27.5. The molecule has 0 saturated carbocycles. The van der Waals surface area contributed by atoms with Gasteiger partial charge in [-0.2, -0.15) is 0 Å². The highest BCUT2D eigenvalue weighted by molar-refractivity contribution is 5.75. The number of nitrogens with one attached hydrogen (secondary N) is 1. The number of terminal acetylenes is 1. The number of carbonyl (C=O) groups excluding carboxylic acids is 1. The van der Waals surface area contributed by atoms with Gasteiger partial charge < -0.3 is 111 Å². The third-order valence-electron chi connectivity index (χ3n) is 9.37. The van der Waals surface area contributed by atoms with Gasteiger partial charge in [0.05, 0.1) is 25.9 Å². The Morgan fingerprint density at radius 3 is 1.37 bits per heavy atom. The summed E-state index contributed by atoms with van der Waals surface area (Å²) >= 11 is 0. The van der Waals surface area contributed by atoms with Gasteiger partial charge in [-0.25, -0.2) is 0 Å². The number of carbonyl (C=O) groups is 1. The van der Waals surface area contributed by atoms with Crippen LogP contribution in [0.3, 0.4) is 0 Å². The van der Waals surface area contributed by atoms with Gasteiger partial charge >= 0.3 is 0 Å². The van der Waals surface area contributed by atoms with E-state index in [1.54, 1.807) is 0 Å². The smallest absolute Gasteiger partial charge is 0.220 e. The molecule has 0 aromatic rings. The van der Waals surface area contributed by atoms with E-state index in [0.29, 0.717) is 19.3 Å². The van der Waals surface area contributed by atoms with Crippen LogP contribution in [0, 0.1) is 12.3 Å². The summed E-state index contributed by atoms with van der Waals surface area (Å²) in [6, 6.07) is 0. The predicted octanol–water partition coefficient (Wildman–Crippen LogP) is -7.95. The average Bonchev–Trinajstić information content (AvgIpc) is 3.22. The summed E-state index contributed by atoms with van der Waals surface area (Å²) in [5.74, 6) is 2.15. The Kier molecular flexibility index (Phi) is 24.7. The number of hydrogen-bond acceptors (Lipinski definition) is 23. The van der Waals surface area contributed by atoms with E-state index in [9.17, 15) is 71.2 Å². The molecule has 17 N–H and O–H groups in total. The Labute approximate surface area is 338 Å². The minimum absolute atomic E-state index is 0. The molecule has 26 nitrogen and oxygen atoms in total. The van der Waals surface area contributed by atoms with Crippen LogP contribution in [-0.2, 0) is 33.2 Å². The molecule has 0 aliphatic carbocycles. The van der Waals surface area contributed by atoms with Crippen molar-refractivity contribution < 1.29 is 105 Å². The monoisotopic (exact) mass is 863 g/mol. The van der Waals surface area contributed by atoms with Crippen LogP contribution in [0.1, 0.15) is 33.1 Å². The number of aliphatic hydroxyl groups excluding tert-OH is 14. The number of hydrogen-bond donors (Lipinski definition) is 16. The van der Waals surface area contributed by atoms with Crippen LogP contribution in [0.25, 0.3) is 10.4 Å². The van der Waals surface area contributed by atoms with E-state index in [1.165, 1.54) is 7.05 Å². The largest absolute Gasteiger partial charge is 0.394 e. The number of aliphatic hydroxyl groups is 14. The summed E-state index contributed by atoms with van der Waals surface area (Å²) in [6.07, 6.45) is -24.3. The molecule has 4 aliphatic rings. The fourth-order valence-corrected chi connectivity index (χ4v) is 5.93. The first-order valence-corrected chi connectivity index (χ1v) is 18.1. The van der Waals surface area contributed by atoms with Crippen LogP contribution in [0.4, 0.5) is 0 Å². The van der Waals surface area contributed by atoms with Crippen molar-refractivity contribution in [3.63, 3.8) is 0 Å². The summed E-state index contributed by atoms with van der Waals surface area (Å²) in [7, 11) is 1.50. The molecule has 0 aromatic carbocycles. The molecule has 59 heavy (non-hydrogen) atoms. The molecule has 344 valence electrons. The topological polar surface area (TPSA) is 442 Å². The highest BCUT2D eigenvalue weighted by atomic mass is 16.8. The number of amides is 1. The van der Waals surface area contributed by atoms with E-state index in [1.807, 2.05) is 0 Å². The highest BCUT2D eigenvalue weighted by Crippen LogP contribution is 2.30. The van der Waals surface area contributed by atoms with Crippen LogP contribution < -0.4 is 11.1 Å². The minimum Gasteiger partial charge on any atom is -0.394 e. The Bertz CT molecular complexity index is 1300. The molecule has 0 spiro atoms. The summed E-state index contributed by atoms with van der Waals surface area (Å²) in [6.45, 7) is -1.93. The Morgan fingerprint density at radius 1 is 0.644 bits per heavy atom. The fraction of sp³-hybridized carbons (Fsp3) is 0.909. The first-order valence-electron chi connectivity index (χ1n) is 18.1. The molecule has 26 heteroatoms. The Hall–Kier alpha value is -2.50. The van der Waals surface area contributed by atoms with Crippen molar-refractivity contribution in [2.45, 2.75) is 156 Å². The van der Waals surface area contributed by atoms with Gasteiger partial charge in [-0.1, -0.05) is 12.5 Å². The van der Waals surface area contributed by atoms with E-state index < -0.39 is 136 Å². The van der Waals surface area contributed by atoms with Crippen molar-refractivity contribution in [1.82, 2.24) is 5.32 Å². The Balaban J connectivity index is 0.000000568. The van der Waals surface area contributed by atoms with E-state index in [-0.39, 0.29) is 32.8 Å². The van der Waals surface area contributed by atoms with Crippen molar-refractivity contribution >= 4 is 5.91 Å². The van der Waals surface area contributed by atoms with Gasteiger partial charge in [-0.3, -0.25) is 4.79 Å². The molecule has 8 unspecified atom stereocenters.